The topological polar surface area (TPSA) is 59.1 Å². The van der Waals surface area contributed by atoms with Crippen molar-refractivity contribution in [2.75, 3.05) is 0 Å². The van der Waals surface area contributed by atoms with Crippen molar-refractivity contribution in [3.8, 4) is 0 Å². The Morgan fingerprint density at radius 1 is 1.27 bits per heavy atom. The van der Waals surface area contributed by atoms with E-state index in [0.717, 1.165) is 30.4 Å². The fourth-order valence-electron chi connectivity index (χ4n) is 2.98. The standard InChI is InChI=1S/C17H20N2O2S/c1-13-8-9-14-5-4-7-17(16(14)11-13)19-22(20,21)12-15-6-2-3-10-18-15/h2-3,6,8-11,17,19H,4-5,7,12H2,1H3/t17-/m0/s1. The van der Waals surface area contributed by atoms with E-state index in [-0.39, 0.29) is 11.8 Å². The van der Waals surface area contributed by atoms with Crippen LogP contribution in [0.5, 0.6) is 0 Å². The first-order valence-corrected chi connectivity index (χ1v) is 9.18. The molecule has 0 bridgehead atoms. The molecule has 0 aliphatic heterocycles. The average molecular weight is 316 g/mol. The zero-order valence-corrected chi connectivity index (χ0v) is 13.4. The van der Waals surface area contributed by atoms with Crippen molar-refractivity contribution in [3.63, 3.8) is 0 Å². The molecule has 5 heteroatoms. The lowest BCUT2D eigenvalue weighted by Crippen LogP contribution is -2.32. The van der Waals surface area contributed by atoms with Crippen molar-refractivity contribution >= 4 is 10.0 Å². The average Bonchev–Trinajstić information content (AvgIpc) is 2.48. The molecule has 0 spiro atoms. The van der Waals surface area contributed by atoms with Gasteiger partial charge in [0.25, 0.3) is 0 Å². The Labute approximate surface area is 131 Å². The molecular formula is C17H20N2O2S. The quantitative estimate of drug-likeness (QED) is 0.943. The van der Waals surface area contributed by atoms with Gasteiger partial charge in [0.05, 0.1) is 5.69 Å². The molecule has 0 unspecified atom stereocenters. The third-order valence-electron chi connectivity index (χ3n) is 4.00. The van der Waals surface area contributed by atoms with Crippen molar-refractivity contribution in [1.82, 2.24) is 9.71 Å². The number of sulfonamides is 1. The molecule has 1 aliphatic rings. The van der Waals surface area contributed by atoms with Gasteiger partial charge in [0.2, 0.25) is 10.0 Å². The Morgan fingerprint density at radius 3 is 2.91 bits per heavy atom. The molecule has 1 N–H and O–H groups in total. The van der Waals surface area contributed by atoms with Crippen LogP contribution in [0.3, 0.4) is 0 Å². The zero-order valence-electron chi connectivity index (χ0n) is 12.6. The molecule has 22 heavy (non-hydrogen) atoms. The van der Waals surface area contributed by atoms with Crippen molar-refractivity contribution in [2.45, 2.75) is 38.0 Å². The molecule has 3 rings (SSSR count). The second-order valence-corrected chi connectivity index (χ2v) is 7.60. The maximum Gasteiger partial charge on any atom is 0.217 e. The second kappa shape index (κ2) is 6.18. The molecule has 1 heterocycles. The molecule has 0 saturated carbocycles. The van der Waals surface area contributed by atoms with Crippen LogP contribution < -0.4 is 4.72 Å². The zero-order chi connectivity index (χ0) is 15.6. The highest BCUT2D eigenvalue weighted by molar-refractivity contribution is 7.88. The van der Waals surface area contributed by atoms with E-state index in [2.05, 4.69) is 27.9 Å². The molecule has 1 atom stereocenters. The molecular weight excluding hydrogens is 296 g/mol. The summed E-state index contributed by atoms with van der Waals surface area (Å²) in [5.41, 5.74) is 4.10. The van der Waals surface area contributed by atoms with Crippen molar-refractivity contribution in [3.05, 3.63) is 65.0 Å². The number of rotatable bonds is 4. The van der Waals surface area contributed by atoms with Crippen LogP contribution in [0.2, 0.25) is 0 Å². The number of benzene rings is 1. The van der Waals surface area contributed by atoms with Gasteiger partial charge in [-0.05, 0) is 49.4 Å². The maximum absolute atomic E-state index is 12.4. The lowest BCUT2D eigenvalue weighted by atomic mass is 9.87. The lowest BCUT2D eigenvalue weighted by molar-refractivity contribution is 0.506. The number of pyridine rings is 1. The predicted octanol–water partition coefficient (Wildman–Crippen LogP) is 2.89. The lowest BCUT2D eigenvalue weighted by Gasteiger charge is -2.26. The maximum atomic E-state index is 12.4. The summed E-state index contributed by atoms with van der Waals surface area (Å²) in [6.07, 6.45) is 4.49. The summed E-state index contributed by atoms with van der Waals surface area (Å²) >= 11 is 0. The Morgan fingerprint density at radius 2 is 2.14 bits per heavy atom. The SMILES string of the molecule is Cc1ccc2c(c1)[C@@H](NS(=O)(=O)Cc1ccccn1)CCC2. The van der Waals surface area contributed by atoms with Gasteiger partial charge in [-0.15, -0.1) is 0 Å². The summed E-state index contributed by atoms with van der Waals surface area (Å²) < 4.78 is 27.7. The first kappa shape index (κ1) is 15.2. The van der Waals surface area contributed by atoms with Gasteiger partial charge in [-0.1, -0.05) is 29.8 Å². The number of aryl methyl sites for hydroxylation is 2. The summed E-state index contributed by atoms with van der Waals surface area (Å²) in [5, 5.41) is 0. The van der Waals surface area contributed by atoms with Gasteiger partial charge in [0.1, 0.15) is 5.75 Å². The molecule has 0 amide bonds. The fraction of sp³-hybridized carbons (Fsp3) is 0.353. The molecule has 2 aromatic rings. The highest BCUT2D eigenvalue weighted by atomic mass is 32.2. The van der Waals surface area contributed by atoms with Gasteiger partial charge in [-0.25, -0.2) is 13.1 Å². The molecule has 1 aromatic heterocycles. The largest absolute Gasteiger partial charge is 0.260 e. The van der Waals surface area contributed by atoms with Crippen LogP contribution in [0.15, 0.2) is 42.6 Å². The van der Waals surface area contributed by atoms with E-state index in [9.17, 15) is 8.42 Å². The summed E-state index contributed by atoms with van der Waals surface area (Å²) in [7, 11) is -3.40. The van der Waals surface area contributed by atoms with Gasteiger partial charge in [0.15, 0.2) is 0 Å². The Bertz CT molecular complexity index is 757. The third-order valence-corrected chi connectivity index (χ3v) is 5.32. The molecule has 1 aliphatic carbocycles. The van der Waals surface area contributed by atoms with Crippen molar-refractivity contribution < 1.29 is 8.42 Å². The van der Waals surface area contributed by atoms with Gasteiger partial charge in [-0.2, -0.15) is 0 Å². The summed E-state index contributed by atoms with van der Waals surface area (Å²) in [4.78, 5) is 4.10. The van der Waals surface area contributed by atoms with Crippen LogP contribution in [0, 0.1) is 6.92 Å². The number of hydrogen-bond donors (Lipinski definition) is 1. The summed E-state index contributed by atoms with van der Waals surface area (Å²) in [6, 6.07) is 11.5. The minimum Gasteiger partial charge on any atom is -0.260 e. The van der Waals surface area contributed by atoms with Gasteiger partial charge < -0.3 is 0 Å². The first-order valence-electron chi connectivity index (χ1n) is 7.53. The Balaban J connectivity index is 1.80. The normalized spacial score (nSPS) is 18.0. The molecule has 4 nitrogen and oxygen atoms in total. The highest BCUT2D eigenvalue weighted by Gasteiger charge is 2.25. The van der Waals surface area contributed by atoms with Gasteiger partial charge in [0, 0.05) is 12.2 Å². The number of fused-ring (bicyclic) bond motifs is 1. The second-order valence-electron chi connectivity index (χ2n) is 5.85. The van der Waals surface area contributed by atoms with Gasteiger partial charge in [-0.3, -0.25) is 4.98 Å². The van der Waals surface area contributed by atoms with E-state index in [1.807, 2.05) is 6.92 Å². The number of nitrogens with one attached hydrogen (secondary N) is 1. The monoisotopic (exact) mass is 316 g/mol. The van der Waals surface area contributed by atoms with E-state index < -0.39 is 10.0 Å². The molecule has 0 fully saturated rings. The van der Waals surface area contributed by atoms with Crippen LogP contribution >= 0.6 is 0 Å². The molecule has 1 aromatic carbocycles. The van der Waals surface area contributed by atoms with E-state index in [0.29, 0.717) is 5.69 Å². The van der Waals surface area contributed by atoms with E-state index in [4.69, 9.17) is 0 Å². The first-order chi connectivity index (χ1) is 10.5. The molecule has 116 valence electrons. The Kier molecular flexibility index (Phi) is 4.27. The fourth-order valence-corrected chi connectivity index (χ4v) is 4.30. The Hall–Kier alpha value is -1.72. The van der Waals surface area contributed by atoms with Crippen LogP contribution in [0.4, 0.5) is 0 Å². The summed E-state index contributed by atoms with van der Waals surface area (Å²) in [6.45, 7) is 2.04. The van der Waals surface area contributed by atoms with Crippen LogP contribution in [-0.2, 0) is 22.2 Å². The van der Waals surface area contributed by atoms with E-state index >= 15 is 0 Å². The van der Waals surface area contributed by atoms with Crippen molar-refractivity contribution in [1.29, 1.82) is 0 Å². The summed E-state index contributed by atoms with van der Waals surface area (Å²) in [5.74, 6) is -0.0779. The van der Waals surface area contributed by atoms with Crippen molar-refractivity contribution in [2.24, 2.45) is 0 Å². The predicted molar refractivity (Wildman–Crippen MR) is 86.9 cm³/mol. The van der Waals surface area contributed by atoms with E-state index in [1.165, 1.54) is 5.56 Å². The van der Waals surface area contributed by atoms with Gasteiger partial charge >= 0.3 is 0 Å². The molecule has 0 saturated heterocycles. The van der Waals surface area contributed by atoms with Crippen LogP contribution in [-0.4, -0.2) is 13.4 Å². The number of hydrogen-bond acceptors (Lipinski definition) is 3. The minimum atomic E-state index is -3.40. The highest BCUT2D eigenvalue weighted by Crippen LogP contribution is 2.31. The smallest absolute Gasteiger partial charge is 0.217 e. The number of aromatic nitrogens is 1. The number of nitrogens with zero attached hydrogens (tertiary/aromatic N) is 1. The van der Waals surface area contributed by atoms with E-state index in [1.54, 1.807) is 24.4 Å². The minimum absolute atomic E-state index is 0.0779. The van der Waals surface area contributed by atoms with Crippen LogP contribution in [0.1, 0.15) is 41.3 Å². The third kappa shape index (κ3) is 3.54. The molecule has 0 radical (unpaired) electrons. The van der Waals surface area contributed by atoms with Crippen LogP contribution in [0.25, 0.3) is 0 Å².